The smallest absolute Gasteiger partial charge is 0.255 e. The molecule has 0 spiro atoms. The lowest BCUT2D eigenvalue weighted by atomic mass is 10.2. The summed E-state index contributed by atoms with van der Waals surface area (Å²) in [6.45, 7) is 7.95. The van der Waals surface area contributed by atoms with Gasteiger partial charge in [-0.25, -0.2) is 15.0 Å². The number of piperazine rings is 1. The lowest BCUT2D eigenvalue weighted by molar-refractivity contribution is 0.0746. The molecule has 1 fully saturated rings. The van der Waals surface area contributed by atoms with E-state index in [4.69, 9.17) is 0 Å². The standard InChI is InChI=1S/C19H23N7O/c1-14(2)12-26-13-23-16-9-15(10-22-18(16)26)19(27)25-7-5-24(6-8-25)17-11-20-3-4-21-17/h3-4,9-11,13-14H,5-8,12H2,1-2H3. The maximum absolute atomic E-state index is 12.9. The first-order valence-electron chi connectivity index (χ1n) is 9.23. The van der Waals surface area contributed by atoms with Gasteiger partial charge in [-0.2, -0.15) is 0 Å². The molecule has 0 saturated carbocycles. The van der Waals surface area contributed by atoms with Gasteiger partial charge in [-0.1, -0.05) is 13.8 Å². The van der Waals surface area contributed by atoms with Gasteiger partial charge in [0, 0.05) is 51.3 Å². The van der Waals surface area contributed by atoms with Gasteiger partial charge in [0.1, 0.15) is 11.3 Å². The van der Waals surface area contributed by atoms with Crippen LogP contribution in [0.2, 0.25) is 0 Å². The molecule has 0 N–H and O–H groups in total. The zero-order valence-electron chi connectivity index (χ0n) is 15.6. The van der Waals surface area contributed by atoms with Gasteiger partial charge in [-0.15, -0.1) is 0 Å². The largest absolute Gasteiger partial charge is 0.352 e. The average molecular weight is 365 g/mol. The van der Waals surface area contributed by atoms with Gasteiger partial charge in [-0.05, 0) is 12.0 Å². The Morgan fingerprint density at radius 1 is 1.07 bits per heavy atom. The number of hydrogen-bond acceptors (Lipinski definition) is 6. The number of anilines is 1. The predicted octanol–water partition coefficient (Wildman–Crippen LogP) is 1.84. The maximum atomic E-state index is 12.9. The summed E-state index contributed by atoms with van der Waals surface area (Å²) >= 11 is 0. The van der Waals surface area contributed by atoms with Crippen molar-refractivity contribution in [2.75, 3.05) is 31.1 Å². The number of imidazole rings is 1. The Morgan fingerprint density at radius 2 is 1.89 bits per heavy atom. The summed E-state index contributed by atoms with van der Waals surface area (Å²) in [5.41, 5.74) is 2.18. The Morgan fingerprint density at radius 3 is 2.59 bits per heavy atom. The Hall–Kier alpha value is -3.03. The molecule has 3 aromatic rings. The van der Waals surface area contributed by atoms with E-state index in [1.807, 2.05) is 15.5 Å². The SMILES string of the molecule is CC(C)Cn1cnc2cc(C(=O)N3CCN(c4cnccn4)CC3)cnc21. The molecular weight excluding hydrogens is 342 g/mol. The number of carbonyl (C=O) groups is 1. The van der Waals surface area contributed by atoms with E-state index in [2.05, 4.69) is 38.7 Å². The van der Waals surface area contributed by atoms with Crippen molar-refractivity contribution in [3.05, 3.63) is 42.7 Å². The van der Waals surface area contributed by atoms with E-state index >= 15 is 0 Å². The molecule has 0 atom stereocenters. The molecule has 0 radical (unpaired) electrons. The molecule has 1 aliphatic heterocycles. The molecule has 27 heavy (non-hydrogen) atoms. The van der Waals surface area contributed by atoms with Crippen molar-refractivity contribution < 1.29 is 4.79 Å². The van der Waals surface area contributed by atoms with Crippen LogP contribution in [0.25, 0.3) is 11.2 Å². The molecule has 4 rings (SSSR count). The molecule has 0 unspecified atom stereocenters. The third-order valence-corrected chi connectivity index (χ3v) is 4.70. The van der Waals surface area contributed by atoms with Crippen LogP contribution >= 0.6 is 0 Å². The quantitative estimate of drug-likeness (QED) is 0.702. The number of fused-ring (bicyclic) bond motifs is 1. The number of carbonyl (C=O) groups excluding carboxylic acids is 1. The minimum atomic E-state index is 0.00149. The molecule has 8 nitrogen and oxygen atoms in total. The fourth-order valence-corrected chi connectivity index (χ4v) is 3.37. The molecule has 8 heteroatoms. The molecule has 4 heterocycles. The van der Waals surface area contributed by atoms with Gasteiger partial charge in [0.2, 0.25) is 0 Å². The number of amides is 1. The Balaban J connectivity index is 1.45. The summed E-state index contributed by atoms with van der Waals surface area (Å²) in [4.78, 5) is 34.2. The van der Waals surface area contributed by atoms with Crippen molar-refractivity contribution >= 4 is 22.9 Å². The topological polar surface area (TPSA) is 80.0 Å². The molecule has 0 bridgehead atoms. The highest BCUT2D eigenvalue weighted by molar-refractivity contribution is 5.96. The van der Waals surface area contributed by atoms with E-state index in [0.29, 0.717) is 24.6 Å². The van der Waals surface area contributed by atoms with Crippen molar-refractivity contribution in [3.63, 3.8) is 0 Å². The minimum absolute atomic E-state index is 0.00149. The third-order valence-electron chi connectivity index (χ3n) is 4.70. The molecule has 140 valence electrons. The summed E-state index contributed by atoms with van der Waals surface area (Å²) in [6.07, 6.45) is 8.56. The van der Waals surface area contributed by atoms with E-state index in [1.54, 1.807) is 31.1 Å². The van der Waals surface area contributed by atoms with Gasteiger partial charge >= 0.3 is 0 Å². The van der Waals surface area contributed by atoms with Crippen LogP contribution in [0.1, 0.15) is 24.2 Å². The second-order valence-electron chi connectivity index (χ2n) is 7.20. The van der Waals surface area contributed by atoms with E-state index in [0.717, 1.165) is 36.6 Å². The molecule has 1 saturated heterocycles. The highest BCUT2D eigenvalue weighted by Crippen LogP contribution is 2.17. The van der Waals surface area contributed by atoms with Gasteiger partial charge in [0.25, 0.3) is 5.91 Å². The number of hydrogen-bond donors (Lipinski definition) is 0. The van der Waals surface area contributed by atoms with Gasteiger partial charge in [-0.3, -0.25) is 9.78 Å². The average Bonchev–Trinajstić information content (AvgIpc) is 3.09. The van der Waals surface area contributed by atoms with Gasteiger partial charge in [0.15, 0.2) is 5.65 Å². The van der Waals surface area contributed by atoms with E-state index in [-0.39, 0.29) is 5.91 Å². The monoisotopic (exact) mass is 365 g/mol. The van der Waals surface area contributed by atoms with Crippen LogP contribution in [-0.4, -0.2) is 61.5 Å². The Bertz CT molecular complexity index is 930. The molecule has 0 aliphatic carbocycles. The van der Waals surface area contributed by atoms with Crippen LogP contribution in [-0.2, 0) is 6.54 Å². The Labute approximate surface area is 157 Å². The van der Waals surface area contributed by atoms with Crippen molar-refractivity contribution in [3.8, 4) is 0 Å². The van der Waals surface area contributed by atoms with Gasteiger partial charge in [0.05, 0.1) is 18.1 Å². The van der Waals surface area contributed by atoms with E-state index in [9.17, 15) is 4.79 Å². The molecule has 1 amide bonds. The number of pyridine rings is 1. The van der Waals surface area contributed by atoms with Crippen molar-refractivity contribution in [1.29, 1.82) is 0 Å². The van der Waals surface area contributed by atoms with Crippen LogP contribution in [0.3, 0.4) is 0 Å². The van der Waals surface area contributed by atoms with Crippen molar-refractivity contribution in [2.24, 2.45) is 5.92 Å². The summed E-state index contributed by atoms with van der Waals surface area (Å²) in [6, 6.07) is 1.84. The summed E-state index contributed by atoms with van der Waals surface area (Å²) in [5.74, 6) is 1.36. The molecule has 3 aromatic heterocycles. The highest BCUT2D eigenvalue weighted by Gasteiger charge is 2.23. The van der Waals surface area contributed by atoms with Gasteiger partial charge < -0.3 is 14.4 Å². The normalized spacial score (nSPS) is 14.9. The zero-order chi connectivity index (χ0) is 18.8. The minimum Gasteiger partial charge on any atom is -0.352 e. The van der Waals surface area contributed by atoms with Crippen LogP contribution in [0.4, 0.5) is 5.82 Å². The van der Waals surface area contributed by atoms with E-state index in [1.165, 1.54) is 0 Å². The van der Waals surface area contributed by atoms with Crippen LogP contribution in [0.5, 0.6) is 0 Å². The zero-order valence-corrected chi connectivity index (χ0v) is 15.6. The first-order chi connectivity index (χ1) is 13.1. The summed E-state index contributed by atoms with van der Waals surface area (Å²) in [7, 11) is 0. The first kappa shape index (κ1) is 17.4. The first-order valence-corrected chi connectivity index (χ1v) is 9.23. The maximum Gasteiger partial charge on any atom is 0.255 e. The second kappa shape index (κ2) is 7.30. The number of aromatic nitrogens is 5. The predicted molar refractivity (Wildman–Crippen MR) is 103 cm³/mol. The summed E-state index contributed by atoms with van der Waals surface area (Å²) < 4.78 is 2.04. The lowest BCUT2D eigenvalue weighted by Crippen LogP contribution is -2.49. The van der Waals surface area contributed by atoms with Crippen molar-refractivity contribution in [2.45, 2.75) is 20.4 Å². The highest BCUT2D eigenvalue weighted by atomic mass is 16.2. The van der Waals surface area contributed by atoms with Crippen molar-refractivity contribution in [1.82, 2.24) is 29.4 Å². The number of nitrogens with zero attached hydrogens (tertiary/aromatic N) is 7. The Kier molecular flexibility index (Phi) is 4.70. The molecule has 0 aromatic carbocycles. The van der Waals surface area contributed by atoms with Crippen LogP contribution in [0.15, 0.2) is 37.2 Å². The van der Waals surface area contributed by atoms with Crippen LogP contribution < -0.4 is 4.90 Å². The van der Waals surface area contributed by atoms with E-state index < -0.39 is 0 Å². The number of rotatable bonds is 4. The molecular formula is C19H23N7O. The third kappa shape index (κ3) is 3.60. The summed E-state index contributed by atoms with van der Waals surface area (Å²) in [5, 5.41) is 0. The fourth-order valence-electron chi connectivity index (χ4n) is 3.37. The lowest BCUT2D eigenvalue weighted by Gasteiger charge is -2.35. The van der Waals surface area contributed by atoms with Crippen LogP contribution in [0, 0.1) is 5.92 Å². The second-order valence-corrected chi connectivity index (χ2v) is 7.20. The fraction of sp³-hybridized carbons (Fsp3) is 0.421. The molecule has 1 aliphatic rings.